The molecule has 0 aliphatic carbocycles. The van der Waals surface area contributed by atoms with Crippen molar-refractivity contribution in [2.75, 3.05) is 26.2 Å². The van der Waals surface area contributed by atoms with E-state index in [9.17, 15) is 13.5 Å². The van der Waals surface area contributed by atoms with Crippen LogP contribution in [0.2, 0.25) is 0 Å². The number of likely N-dealkylation sites (tertiary alicyclic amines) is 1. The Morgan fingerprint density at radius 2 is 2.05 bits per heavy atom. The summed E-state index contributed by atoms with van der Waals surface area (Å²) in [4.78, 5) is 2.23. The summed E-state index contributed by atoms with van der Waals surface area (Å²) in [7, 11) is -3.65. The molecule has 0 amide bonds. The van der Waals surface area contributed by atoms with E-state index in [1.54, 1.807) is 12.1 Å². The molecule has 0 saturated carbocycles. The first-order chi connectivity index (χ1) is 9.45. The molecular weight excluding hydrogens is 280 g/mol. The smallest absolute Gasteiger partial charge is 0.238 e. The summed E-state index contributed by atoms with van der Waals surface area (Å²) in [6.45, 7) is 2.91. The van der Waals surface area contributed by atoms with Crippen LogP contribution in [-0.4, -0.2) is 50.8 Å². The Kier molecular flexibility index (Phi) is 4.98. The minimum Gasteiger partial charge on any atom is -0.492 e. The zero-order chi connectivity index (χ0) is 14.6. The number of nitrogens with two attached hydrogens (primary N) is 1. The van der Waals surface area contributed by atoms with Gasteiger partial charge in [0.25, 0.3) is 0 Å². The van der Waals surface area contributed by atoms with E-state index in [-0.39, 0.29) is 11.0 Å². The Bertz CT molecular complexity index is 530. The van der Waals surface area contributed by atoms with Gasteiger partial charge in [-0.05, 0) is 43.7 Å². The van der Waals surface area contributed by atoms with Crippen LogP contribution in [0.15, 0.2) is 29.2 Å². The maximum atomic E-state index is 11.1. The molecule has 7 heteroatoms. The van der Waals surface area contributed by atoms with E-state index < -0.39 is 10.0 Å². The van der Waals surface area contributed by atoms with Crippen molar-refractivity contribution in [3.8, 4) is 5.75 Å². The quantitative estimate of drug-likeness (QED) is 0.808. The van der Waals surface area contributed by atoms with Gasteiger partial charge < -0.3 is 9.84 Å². The molecule has 1 atom stereocenters. The van der Waals surface area contributed by atoms with Crippen LogP contribution >= 0.6 is 0 Å². The molecule has 2 rings (SSSR count). The highest BCUT2D eigenvalue weighted by Crippen LogP contribution is 2.15. The van der Waals surface area contributed by atoms with Crippen molar-refractivity contribution in [1.82, 2.24) is 4.90 Å². The average molecular weight is 300 g/mol. The van der Waals surface area contributed by atoms with Gasteiger partial charge in [-0.2, -0.15) is 0 Å². The topological polar surface area (TPSA) is 92.9 Å². The number of hydrogen-bond donors (Lipinski definition) is 2. The van der Waals surface area contributed by atoms with E-state index in [2.05, 4.69) is 4.90 Å². The fourth-order valence-corrected chi connectivity index (χ4v) is 2.77. The summed E-state index contributed by atoms with van der Waals surface area (Å²) < 4.78 is 27.8. The van der Waals surface area contributed by atoms with E-state index in [0.717, 1.165) is 25.9 Å². The number of rotatable bonds is 5. The molecule has 0 radical (unpaired) electrons. The fourth-order valence-electron chi connectivity index (χ4n) is 2.25. The molecule has 0 unspecified atom stereocenters. The van der Waals surface area contributed by atoms with Gasteiger partial charge in [-0.1, -0.05) is 0 Å². The lowest BCUT2D eigenvalue weighted by Crippen LogP contribution is -2.40. The van der Waals surface area contributed by atoms with Crippen LogP contribution in [0, 0.1) is 0 Å². The van der Waals surface area contributed by atoms with Gasteiger partial charge in [0.1, 0.15) is 12.4 Å². The second kappa shape index (κ2) is 6.53. The van der Waals surface area contributed by atoms with Crippen LogP contribution in [0.1, 0.15) is 12.8 Å². The van der Waals surface area contributed by atoms with E-state index in [1.807, 2.05) is 0 Å². The van der Waals surface area contributed by atoms with Crippen LogP contribution in [0.4, 0.5) is 0 Å². The Morgan fingerprint density at radius 3 is 2.65 bits per heavy atom. The third kappa shape index (κ3) is 4.45. The molecule has 112 valence electrons. The highest BCUT2D eigenvalue weighted by atomic mass is 32.2. The zero-order valence-electron chi connectivity index (χ0n) is 11.2. The van der Waals surface area contributed by atoms with Crippen molar-refractivity contribution in [3.05, 3.63) is 24.3 Å². The number of piperidine rings is 1. The molecule has 0 spiro atoms. The summed E-state index contributed by atoms with van der Waals surface area (Å²) >= 11 is 0. The Balaban J connectivity index is 1.79. The van der Waals surface area contributed by atoms with Gasteiger partial charge in [0.2, 0.25) is 10.0 Å². The van der Waals surface area contributed by atoms with Crippen LogP contribution in [-0.2, 0) is 10.0 Å². The van der Waals surface area contributed by atoms with Gasteiger partial charge in [0, 0.05) is 13.1 Å². The molecule has 0 bridgehead atoms. The third-order valence-corrected chi connectivity index (χ3v) is 4.24. The molecule has 1 aromatic carbocycles. The van der Waals surface area contributed by atoms with Gasteiger partial charge in [0.15, 0.2) is 0 Å². The molecule has 1 aliphatic rings. The number of ether oxygens (including phenoxy) is 1. The van der Waals surface area contributed by atoms with Crippen molar-refractivity contribution in [2.24, 2.45) is 5.14 Å². The number of nitrogens with zero attached hydrogens (tertiary/aromatic N) is 1. The van der Waals surface area contributed by atoms with E-state index in [1.165, 1.54) is 12.1 Å². The SMILES string of the molecule is NS(=O)(=O)c1ccc(OCCN2CCC[C@H](O)C2)cc1. The second-order valence-electron chi connectivity index (χ2n) is 4.96. The highest BCUT2D eigenvalue weighted by Gasteiger charge is 2.17. The highest BCUT2D eigenvalue weighted by molar-refractivity contribution is 7.89. The molecule has 1 aromatic rings. The largest absolute Gasteiger partial charge is 0.492 e. The number of benzene rings is 1. The van der Waals surface area contributed by atoms with Gasteiger partial charge >= 0.3 is 0 Å². The molecule has 1 heterocycles. The first-order valence-corrected chi connectivity index (χ1v) is 8.16. The summed E-state index contributed by atoms with van der Waals surface area (Å²) in [5.41, 5.74) is 0. The number of aliphatic hydroxyl groups excluding tert-OH is 1. The summed E-state index contributed by atoms with van der Waals surface area (Å²) in [6.07, 6.45) is 1.63. The summed E-state index contributed by atoms with van der Waals surface area (Å²) in [5, 5.41) is 14.6. The normalized spacial score (nSPS) is 20.8. The van der Waals surface area contributed by atoms with E-state index >= 15 is 0 Å². The van der Waals surface area contributed by atoms with Crippen LogP contribution in [0.5, 0.6) is 5.75 Å². The number of hydrogen-bond acceptors (Lipinski definition) is 5. The number of sulfonamides is 1. The third-order valence-electron chi connectivity index (χ3n) is 3.31. The average Bonchev–Trinajstić information content (AvgIpc) is 2.38. The lowest BCUT2D eigenvalue weighted by molar-refractivity contribution is 0.0633. The monoisotopic (exact) mass is 300 g/mol. The molecule has 0 aromatic heterocycles. The summed E-state index contributed by atoms with van der Waals surface area (Å²) in [5.74, 6) is 0.606. The van der Waals surface area contributed by atoms with Crippen molar-refractivity contribution in [2.45, 2.75) is 23.8 Å². The molecule has 1 aliphatic heterocycles. The number of aliphatic hydroxyl groups is 1. The van der Waals surface area contributed by atoms with Gasteiger partial charge in [-0.15, -0.1) is 0 Å². The molecule has 1 fully saturated rings. The van der Waals surface area contributed by atoms with Crippen molar-refractivity contribution >= 4 is 10.0 Å². The van der Waals surface area contributed by atoms with Gasteiger partial charge in [-0.3, -0.25) is 4.90 Å². The maximum absolute atomic E-state index is 11.1. The van der Waals surface area contributed by atoms with E-state index in [4.69, 9.17) is 9.88 Å². The maximum Gasteiger partial charge on any atom is 0.238 e. The van der Waals surface area contributed by atoms with Crippen LogP contribution in [0.25, 0.3) is 0 Å². The zero-order valence-corrected chi connectivity index (χ0v) is 12.1. The number of β-amino-alcohol motifs (C(OH)–C–C–N with tert-alkyl or cyclic N) is 1. The lowest BCUT2D eigenvalue weighted by atomic mass is 10.1. The molecule has 3 N–H and O–H groups in total. The molecular formula is C13H20N2O4S. The predicted octanol–water partition coefficient (Wildman–Crippen LogP) is 0.170. The molecule has 6 nitrogen and oxygen atoms in total. The lowest BCUT2D eigenvalue weighted by Gasteiger charge is -2.29. The molecule has 1 saturated heterocycles. The van der Waals surface area contributed by atoms with Crippen molar-refractivity contribution in [1.29, 1.82) is 0 Å². The standard InChI is InChI=1S/C13H20N2O4S/c14-20(17,18)13-5-3-12(4-6-13)19-9-8-15-7-1-2-11(16)10-15/h3-6,11,16H,1-2,7-10H2,(H2,14,17,18)/t11-/m0/s1. The number of primary sulfonamides is 1. The Morgan fingerprint density at radius 1 is 1.35 bits per heavy atom. The first-order valence-electron chi connectivity index (χ1n) is 6.61. The minimum absolute atomic E-state index is 0.0732. The van der Waals surface area contributed by atoms with Crippen LogP contribution in [0.3, 0.4) is 0 Å². The fraction of sp³-hybridized carbons (Fsp3) is 0.538. The predicted molar refractivity (Wildman–Crippen MR) is 75.0 cm³/mol. The Labute approximate surface area is 119 Å². The van der Waals surface area contributed by atoms with Crippen molar-refractivity contribution < 1.29 is 18.3 Å². The minimum atomic E-state index is -3.65. The first kappa shape index (κ1) is 15.2. The molecule has 20 heavy (non-hydrogen) atoms. The van der Waals surface area contributed by atoms with Gasteiger partial charge in [0.05, 0.1) is 11.0 Å². The summed E-state index contributed by atoms with van der Waals surface area (Å²) in [6, 6.07) is 6.03. The van der Waals surface area contributed by atoms with E-state index in [0.29, 0.717) is 18.9 Å². The van der Waals surface area contributed by atoms with Crippen LogP contribution < -0.4 is 9.88 Å². The van der Waals surface area contributed by atoms with Gasteiger partial charge in [-0.25, -0.2) is 13.6 Å². The Hall–Kier alpha value is -1.15. The van der Waals surface area contributed by atoms with Crippen molar-refractivity contribution in [3.63, 3.8) is 0 Å². The second-order valence-corrected chi connectivity index (χ2v) is 6.52.